The lowest BCUT2D eigenvalue weighted by molar-refractivity contribution is 0.411. The highest BCUT2D eigenvalue weighted by atomic mass is 16.3. The van der Waals surface area contributed by atoms with Gasteiger partial charge in [-0.15, -0.1) is 0 Å². The predicted octanol–water partition coefficient (Wildman–Crippen LogP) is 8.14. The summed E-state index contributed by atoms with van der Waals surface area (Å²) >= 11 is 0. The van der Waals surface area contributed by atoms with Crippen LogP contribution in [0.4, 0.5) is 0 Å². The van der Waals surface area contributed by atoms with Gasteiger partial charge in [0.2, 0.25) is 0 Å². The minimum absolute atomic E-state index is 0.380. The van der Waals surface area contributed by atoms with Gasteiger partial charge >= 0.3 is 0 Å². The van der Waals surface area contributed by atoms with Crippen LogP contribution in [0.5, 0.6) is 0 Å². The first kappa shape index (κ1) is 27.1. The zero-order valence-corrected chi connectivity index (χ0v) is 19.4. The number of hydrogen-bond acceptors (Lipinski definition) is 3. The minimum Gasteiger partial charge on any atom is -0.513 e. The maximum Gasteiger partial charge on any atom is 0.0851 e. The van der Waals surface area contributed by atoms with Crippen LogP contribution < -0.4 is 5.32 Å². The second-order valence-corrected chi connectivity index (χ2v) is 6.93. The molecule has 0 fully saturated rings. The molecule has 3 N–H and O–H groups in total. The number of nitrogens with one attached hydrogen (secondary N) is 1. The van der Waals surface area contributed by atoms with E-state index in [4.69, 9.17) is 10.2 Å². The van der Waals surface area contributed by atoms with E-state index in [1.807, 2.05) is 19.2 Å². The first-order valence-electron chi connectivity index (χ1n) is 10.5. The van der Waals surface area contributed by atoms with Crippen LogP contribution in [0.3, 0.4) is 0 Å². The van der Waals surface area contributed by atoms with E-state index in [2.05, 4.69) is 67.7 Å². The van der Waals surface area contributed by atoms with Gasteiger partial charge in [0.25, 0.3) is 0 Å². The predicted molar refractivity (Wildman–Crippen MR) is 132 cm³/mol. The molecule has 0 saturated carbocycles. The molecule has 0 aromatic heterocycles. The fourth-order valence-electron chi connectivity index (χ4n) is 2.50. The van der Waals surface area contributed by atoms with Crippen LogP contribution in [-0.2, 0) is 0 Å². The number of aliphatic hydroxyl groups is 2. The van der Waals surface area contributed by atoms with Crippen LogP contribution in [0.2, 0.25) is 0 Å². The molecule has 0 radical (unpaired) electrons. The molecule has 1 aliphatic rings. The molecule has 0 unspecified atom stereocenters. The largest absolute Gasteiger partial charge is 0.513 e. The quantitative estimate of drug-likeness (QED) is 0.340. The maximum atomic E-state index is 8.41. The summed E-state index contributed by atoms with van der Waals surface area (Å²) in [6.07, 6.45) is 17.3. The molecule has 0 atom stereocenters. The van der Waals surface area contributed by atoms with Crippen LogP contribution in [-0.4, -0.2) is 10.2 Å². The lowest BCUT2D eigenvalue weighted by Gasteiger charge is -2.11. The molecule has 0 spiro atoms. The first-order chi connectivity index (χ1) is 14.3. The number of aliphatic hydroxyl groups excluding tert-OH is 2. The number of allylic oxidation sites excluding steroid dienone is 11. The highest BCUT2D eigenvalue weighted by Gasteiger charge is 2.00. The fourth-order valence-corrected chi connectivity index (χ4v) is 2.50. The third-order valence-electron chi connectivity index (χ3n) is 4.15. The minimum atomic E-state index is 0.380. The molecule has 164 valence electrons. The van der Waals surface area contributed by atoms with Crippen LogP contribution in [0.15, 0.2) is 95.8 Å². The molecule has 0 aliphatic heterocycles. The first-order valence-corrected chi connectivity index (χ1v) is 10.5. The van der Waals surface area contributed by atoms with E-state index in [0.717, 1.165) is 19.3 Å². The Labute approximate surface area is 183 Å². The van der Waals surface area contributed by atoms with Crippen molar-refractivity contribution in [3.8, 4) is 0 Å². The van der Waals surface area contributed by atoms with E-state index in [1.165, 1.54) is 22.4 Å². The van der Waals surface area contributed by atoms with Gasteiger partial charge in [0.05, 0.1) is 11.5 Å². The highest BCUT2D eigenvalue weighted by Crippen LogP contribution is 2.16. The van der Waals surface area contributed by atoms with E-state index in [-0.39, 0.29) is 0 Å². The summed E-state index contributed by atoms with van der Waals surface area (Å²) in [5.41, 5.74) is 5.12. The monoisotopic (exact) mass is 409 g/mol. The van der Waals surface area contributed by atoms with Gasteiger partial charge in [-0.2, -0.15) is 0 Å². The summed E-state index contributed by atoms with van der Waals surface area (Å²) in [7, 11) is 0. The van der Waals surface area contributed by atoms with Crippen molar-refractivity contribution in [2.24, 2.45) is 0 Å². The summed E-state index contributed by atoms with van der Waals surface area (Å²) in [4.78, 5) is 0. The molecule has 0 saturated heterocycles. The molecule has 1 aromatic carbocycles. The van der Waals surface area contributed by atoms with Crippen molar-refractivity contribution in [1.82, 2.24) is 5.32 Å². The SMILES string of the molecule is C/C=C(\C=C/NC1=CC(C)=CCC1)c1ccccc1.CC/C=C(/C)O.CC=C(C)O. The van der Waals surface area contributed by atoms with Crippen molar-refractivity contribution < 1.29 is 10.2 Å². The van der Waals surface area contributed by atoms with E-state index in [1.54, 1.807) is 32.9 Å². The Morgan fingerprint density at radius 3 is 2.10 bits per heavy atom. The zero-order valence-electron chi connectivity index (χ0n) is 19.4. The second kappa shape index (κ2) is 17.0. The Morgan fingerprint density at radius 2 is 1.67 bits per heavy atom. The van der Waals surface area contributed by atoms with Crippen molar-refractivity contribution in [3.63, 3.8) is 0 Å². The zero-order chi connectivity index (χ0) is 22.8. The van der Waals surface area contributed by atoms with Crippen molar-refractivity contribution in [1.29, 1.82) is 0 Å². The Kier molecular flexibility index (Phi) is 15.3. The molecule has 3 nitrogen and oxygen atoms in total. The average molecular weight is 410 g/mol. The Hall–Kier alpha value is -2.94. The van der Waals surface area contributed by atoms with Gasteiger partial charge < -0.3 is 15.5 Å². The summed E-state index contributed by atoms with van der Waals surface area (Å²) in [6, 6.07) is 10.4. The molecule has 0 bridgehead atoms. The second-order valence-electron chi connectivity index (χ2n) is 6.93. The summed E-state index contributed by atoms with van der Waals surface area (Å²) in [5, 5.41) is 20.0. The van der Waals surface area contributed by atoms with Gasteiger partial charge in [-0.25, -0.2) is 0 Å². The van der Waals surface area contributed by atoms with Crippen molar-refractivity contribution >= 4 is 5.57 Å². The topological polar surface area (TPSA) is 52.5 Å². The average Bonchev–Trinajstić information content (AvgIpc) is 2.73. The van der Waals surface area contributed by atoms with Crippen LogP contribution in [0.25, 0.3) is 5.57 Å². The van der Waals surface area contributed by atoms with Gasteiger partial charge in [0.1, 0.15) is 0 Å². The Balaban J connectivity index is 0.000000634. The third-order valence-corrected chi connectivity index (χ3v) is 4.15. The smallest absolute Gasteiger partial charge is 0.0851 e. The molecule has 1 aromatic rings. The molecule has 2 rings (SSSR count). The molecule has 30 heavy (non-hydrogen) atoms. The van der Waals surface area contributed by atoms with Crippen molar-refractivity contribution in [3.05, 3.63) is 101 Å². The van der Waals surface area contributed by atoms with Crippen LogP contribution in [0.1, 0.15) is 66.4 Å². The molecule has 3 heteroatoms. The fraction of sp³-hybridized carbons (Fsp3) is 0.333. The normalized spacial score (nSPS) is 14.7. The maximum absolute atomic E-state index is 8.41. The van der Waals surface area contributed by atoms with Gasteiger partial charge in [-0.1, -0.05) is 61.1 Å². The lowest BCUT2D eigenvalue weighted by atomic mass is 10.0. The van der Waals surface area contributed by atoms with E-state index in [9.17, 15) is 0 Å². The van der Waals surface area contributed by atoms with Crippen molar-refractivity contribution in [2.75, 3.05) is 0 Å². The Morgan fingerprint density at radius 1 is 1.03 bits per heavy atom. The summed E-state index contributed by atoms with van der Waals surface area (Å²) in [5.74, 6) is 0.794. The van der Waals surface area contributed by atoms with Gasteiger partial charge in [0, 0.05) is 11.9 Å². The molecule has 0 amide bonds. The highest BCUT2D eigenvalue weighted by molar-refractivity contribution is 5.73. The van der Waals surface area contributed by atoms with E-state index < -0.39 is 0 Å². The number of benzene rings is 1. The van der Waals surface area contributed by atoms with Gasteiger partial charge in [-0.05, 0) is 83.2 Å². The standard InChI is InChI=1S/C18H21N.C5H10O.C4H8O/c1-3-16(17-9-5-4-6-10-17)12-13-19-18-11-7-8-15(2)14-18;1-3-4-5(2)6;1-3-4(2)5/h3-6,8-10,12-14,19H,7,11H2,1-2H3;4,6H,3H2,1-2H3;3,5H,1-2H3/b13-12-,16-3+;5-4-;. The number of rotatable bonds is 5. The molecular formula is C27H39NO2. The lowest BCUT2D eigenvalue weighted by Crippen LogP contribution is -2.07. The van der Waals surface area contributed by atoms with E-state index in [0.29, 0.717) is 11.5 Å². The molecule has 0 heterocycles. The van der Waals surface area contributed by atoms with E-state index >= 15 is 0 Å². The van der Waals surface area contributed by atoms with Crippen LogP contribution in [0, 0.1) is 0 Å². The van der Waals surface area contributed by atoms with Gasteiger partial charge in [-0.3, -0.25) is 0 Å². The summed E-state index contributed by atoms with van der Waals surface area (Å²) < 4.78 is 0. The Bertz CT molecular complexity index is 770. The van der Waals surface area contributed by atoms with Gasteiger partial charge in [0.15, 0.2) is 0 Å². The summed E-state index contributed by atoms with van der Waals surface area (Å²) in [6.45, 7) is 11.3. The molecule has 1 aliphatic carbocycles. The number of hydrogen-bond donors (Lipinski definition) is 3. The third kappa shape index (κ3) is 14.1. The van der Waals surface area contributed by atoms with Crippen molar-refractivity contribution in [2.45, 2.75) is 60.8 Å². The molecular weight excluding hydrogens is 370 g/mol. The van der Waals surface area contributed by atoms with Crippen LogP contribution >= 0.6 is 0 Å².